The fraction of sp³-hybridized carbons (Fsp3) is 0.0909. The SMILES string of the molecule is COC(=O)c1ncsc1-c1cccc(Br)c1. The number of methoxy groups -OCH3 is 1. The quantitative estimate of drug-likeness (QED) is 0.798. The van der Waals surface area contributed by atoms with E-state index < -0.39 is 5.97 Å². The van der Waals surface area contributed by atoms with E-state index in [0.29, 0.717) is 5.69 Å². The van der Waals surface area contributed by atoms with Crippen LogP contribution in [-0.4, -0.2) is 18.1 Å². The van der Waals surface area contributed by atoms with Gasteiger partial charge in [-0.05, 0) is 17.7 Å². The minimum absolute atomic E-state index is 0.366. The van der Waals surface area contributed by atoms with Crippen molar-refractivity contribution in [3.8, 4) is 10.4 Å². The fourth-order valence-corrected chi connectivity index (χ4v) is 2.50. The Kier molecular flexibility index (Phi) is 3.36. The number of rotatable bonds is 2. The highest BCUT2D eigenvalue weighted by atomic mass is 79.9. The van der Waals surface area contributed by atoms with Crippen molar-refractivity contribution in [2.45, 2.75) is 0 Å². The van der Waals surface area contributed by atoms with Crippen LogP contribution < -0.4 is 0 Å². The molecule has 0 amide bonds. The molecule has 0 N–H and O–H groups in total. The third kappa shape index (κ3) is 2.15. The second-order valence-corrected chi connectivity index (χ2v) is 4.80. The number of nitrogens with zero attached hydrogens (tertiary/aromatic N) is 1. The molecule has 0 aliphatic carbocycles. The summed E-state index contributed by atoms with van der Waals surface area (Å²) in [4.78, 5) is 16.3. The van der Waals surface area contributed by atoms with Gasteiger partial charge in [0.1, 0.15) is 0 Å². The molecule has 2 aromatic rings. The first-order chi connectivity index (χ1) is 7.72. The molecular weight excluding hydrogens is 290 g/mol. The van der Waals surface area contributed by atoms with Crippen molar-refractivity contribution in [2.75, 3.05) is 7.11 Å². The first-order valence-electron chi connectivity index (χ1n) is 4.50. The summed E-state index contributed by atoms with van der Waals surface area (Å²) in [6, 6.07) is 7.73. The van der Waals surface area contributed by atoms with E-state index in [1.165, 1.54) is 18.4 Å². The molecule has 16 heavy (non-hydrogen) atoms. The third-order valence-electron chi connectivity index (χ3n) is 2.03. The molecule has 82 valence electrons. The highest BCUT2D eigenvalue weighted by Crippen LogP contribution is 2.29. The minimum Gasteiger partial charge on any atom is -0.464 e. The molecule has 0 unspecified atom stereocenters. The molecular formula is C11H8BrNO2S. The first-order valence-corrected chi connectivity index (χ1v) is 6.17. The van der Waals surface area contributed by atoms with Crippen molar-refractivity contribution in [1.29, 1.82) is 0 Å². The molecule has 0 radical (unpaired) electrons. The molecule has 0 saturated carbocycles. The molecule has 0 atom stereocenters. The standard InChI is InChI=1S/C11H8BrNO2S/c1-15-11(14)9-10(16-6-13-9)7-3-2-4-8(12)5-7/h2-6H,1H3. The van der Waals surface area contributed by atoms with E-state index in [-0.39, 0.29) is 0 Å². The molecule has 1 heterocycles. The van der Waals surface area contributed by atoms with E-state index in [1.54, 1.807) is 5.51 Å². The van der Waals surface area contributed by atoms with Gasteiger partial charge in [-0.1, -0.05) is 28.1 Å². The zero-order valence-electron chi connectivity index (χ0n) is 8.44. The van der Waals surface area contributed by atoms with Crippen LogP contribution in [0.15, 0.2) is 34.2 Å². The number of benzene rings is 1. The number of hydrogen-bond donors (Lipinski definition) is 0. The summed E-state index contributed by atoms with van der Waals surface area (Å²) < 4.78 is 5.65. The Morgan fingerprint density at radius 1 is 1.50 bits per heavy atom. The summed E-state index contributed by atoms with van der Waals surface area (Å²) in [5.74, 6) is -0.406. The Hall–Kier alpha value is -1.20. The molecule has 0 aliphatic rings. The maximum Gasteiger partial charge on any atom is 0.358 e. The van der Waals surface area contributed by atoms with Gasteiger partial charge in [-0.15, -0.1) is 11.3 Å². The van der Waals surface area contributed by atoms with Gasteiger partial charge in [0, 0.05) is 4.47 Å². The van der Waals surface area contributed by atoms with Crippen molar-refractivity contribution in [2.24, 2.45) is 0 Å². The predicted octanol–water partition coefficient (Wildman–Crippen LogP) is 3.36. The number of hydrogen-bond acceptors (Lipinski definition) is 4. The Bertz CT molecular complexity index is 524. The Morgan fingerprint density at radius 3 is 3.00 bits per heavy atom. The second-order valence-electron chi connectivity index (χ2n) is 3.03. The molecule has 3 nitrogen and oxygen atoms in total. The highest BCUT2D eigenvalue weighted by Gasteiger charge is 2.16. The summed E-state index contributed by atoms with van der Waals surface area (Å²) in [6.45, 7) is 0. The van der Waals surface area contributed by atoms with Crippen molar-refractivity contribution in [3.63, 3.8) is 0 Å². The van der Waals surface area contributed by atoms with E-state index in [2.05, 4.69) is 25.7 Å². The van der Waals surface area contributed by atoms with Crippen molar-refractivity contribution >= 4 is 33.2 Å². The van der Waals surface area contributed by atoms with Crippen LogP contribution in [0.25, 0.3) is 10.4 Å². The monoisotopic (exact) mass is 297 g/mol. The van der Waals surface area contributed by atoms with E-state index in [0.717, 1.165) is 14.9 Å². The van der Waals surface area contributed by atoms with Gasteiger partial charge >= 0.3 is 5.97 Å². The summed E-state index contributed by atoms with van der Waals surface area (Å²) in [7, 11) is 1.35. The second kappa shape index (κ2) is 4.76. The lowest BCUT2D eigenvalue weighted by Gasteiger charge is -2.01. The van der Waals surface area contributed by atoms with Crippen LogP contribution in [0.3, 0.4) is 0 Å². The highest BCUT2D eigenvalue weighted by molar-refractivity contribution is 9.10. The predicted molar refractivity (Wildman–Crippen MR) is 66.6 cm³/mol. The summed E-state index contributed by atoms with van der Waals surface area (Å²) >= 11 is 4.82. The zero-order chi connectivity index (χ0) is 11.5. The van der Waals surface area contributed by atoms with Crippen molar-refractivity contribution in [1.82, 2.24) is 4.98 Å². The molecule has 1 aromatic carbocycles. The number of ether oxygens (including phenoxy) is 1. The smallest absolute Gasteiger partial charge is 0.358 e. The molecule has 1 aromatic heterocycles. The zero-order valence-corrected chi connectivity index (χ0v) is 10.8. The number of carbonyl (C=O) groups excluding carboxylic acids is 1. The normalized spacial score (nSPS) is 10.1. The van der Waals surface area contributed by atoms with E-state index in [9.17, 15) is 4.79 Å². The third-order valence-corrected chi connectivity index (χ3v) is 3.40. The van der Waals surface area contributed by atoms with Crippen LogP contribution in [0, 0.1) is 0 Å². The van der Waals surface area contributed by atoms with Crippen LogP contribution in [0.5, 0.6) is 0 Å². The van der Waals surface area contributed by atoms with Crippen molar-refractivity contribution in [3.05, 3.63) is 39.9 Å². The van der Waals surface area contributed by atoms with Crippen LogP contribution in [0.1, 0.15) is 10.5 Å². The van der Waals surface area contributed by atoms with Gasteiger partial charge < -0.3 is 4.74 Å². The molecule has 2 rings (SSSR count). The van der Waals surface area contributed by atoms with Gasteiger partial charge in [0.2, 0.25) is 0 Å². The largest absolute Gasteiger partial charge is 0.464 e. The summed E-state index contributed by atoms with van der Waals surface area (Å²) in [5.41, 5.74) is 2.96. The van der Waals surface area contributed by atoms with Gasteiger partial charge in [0.25, 0.3) is 0 Å². The lowest BCUT2D eigenvalue weighted by atomic mass is 10.1. The average molecular weight is 298 g/mol. The summed E-state index contributed by atoms with van der Waals surface area (Å²) in [5, 5.41) is 0. The first kappa shape index (κ1) is 11.3. The van der Waals surface area contributed by atoms with Crippen LogP contribution in [0.4, 0.5) is 0 Å². The number of thiazole rings is 1. The molecule has 0 bridgehead atoms. The summed E-state index contributed by atoms with van der Waals surface area (Å²) in [6.07, 6.45) is 0. The van der Waals surface area contributed by atoms with Gasteiger partial charge in [-0.25, -0.2) is 9.78 Å². The van der Waals surface area contributed by atoms with Crippen LogP contribution in [0.2, 0.25) is 0 Å². The maximum absolute atomic E-state index is 11.5. The lowest BCUT2D eigenvalue weighted by Crippen LogP contribution is -2.02. The fourth-order valence-electron chi connectivity index (χ4n) is 1.32. The van der Waals surface area contributed by atoms with Crippen molar-refractivity contribution < 1.29 is 9.53 Å². The Morgan fingerprint density at radius 2 is 2.31 bits per heavy atom. The Labute approximate surface area is 105 Å². The van der Waals surface area contributed by atoms with Crippen LogP contribution >= 0.6 is 27.3 Å². The number of esters is 1. The van der Waals surface area contributed by atoms with Gasteiger partial charge in [0.05, 0.1) is 17.5 Å². The van der Waals surface area contributed by atoms with E-state index in [4.69, 9.17) is 0 Å². The number of halogens is 1. The van der Waals surface area contributed by atoms with Crippen LogP contribution in [-0.2, 0) is 4.74 Å². The maximum atomic E-state index is 11.5. The minimum atomic E-state index is -0.406. The topological polar surface area (TPSA) is 39.2 Å². The van der Waals surface area contributed by atoms with E-state index >= 15 is 0 Å². The molecule has 0 fully saturated rings. The van der Waals surface area contributed by atoms with E-state index in [1.807, 2.05) is 24.3 Å². The molecule has 5 heteroatoms. The molecule has 0 spiro atoms. The Balaban J connectivity index is 2.48. The average Bonchev–Trinajstić information content (AvgIpc) is 2.77. The van der Waals surface area contributed by atoms with Gasteiger partial charge in [-0.2, -0.15) is 0 Å². The number of aromatic nitrogens is 1. The van der Waals surface area contributed by atoms with Gasteiger partial charge in [-0.3, -0.25) is 0 Å². The lowest BCUT2D eigenvalue weighted by molar-refractivity contribution is 0.0596. The molecule has 0 aliphatic heterocycles. The molecule has 0 saturated heterocycles. The van der Waals surface area contributed by atoms with Gasteiger partial charge in [0.15, 0.2) is 5.69 Å². The number of carbonyl (C=O) groups is 1.